The molecule has 0 bridgehead atoms. The fourth-order valence-electron chi connectivity index (χ4n) is 1.49. The lowest BCUT2D eigenvalue weighted by molar-refractivity contribution is 0.551. The molecule has 5 heteroatoms. The average molecular weight is 256 g/mol. The molecule has 0 fully saturated rings. The summed E-state index contributed by atoms with van der Waals surface area (Å²) in [6.07, 6.45) is 2.41. The topological polar surface area (TPSA) is 59.1 Å². The Morgan fingerprint density at radius 3 is 2.76 bits per heavy atom. The fraction of sp³-hybridized carbons (Fsp3) is 0.583. The predicted molar refractivity (Wildman–Crippen MR) is 69.6 cm³/mol. The molecule has 0 aliphatic rings. The zero-order valence-electron chi connectivity index (χ0n) is 10.4. The van der Waals surface area contributed by atoms with E-state index in [4.69, 9.17) is 0 Å². The second-order valence-electron chi connectivity index (χ2n) is 4.02. The van der Waals surface area contributed by atoms with Crippen LogP contribution in [0, 0.1) is 0 Å². The Hall–Kier alpha value is -0.940. The van der Waals surface area contributed by atoms with Gasteiger partial charge < -0.3 is 5.32 Å². The van der Waals surface area contributed by atoms with Crippen LogP contribution in [0.2, 0.25) is 0 Å². The predicted octanol–water partition coefficient (Wildman–Crippen LogP) is 1.56. The lowest BCUT2D eigenvalue weighted by Crippen LogP contribution is -2.23. The van der Waals surface area contributed by atoms with E-state index in [0.29, 0.717) is 13.0 Å². The molecule has 1 atom stereocenters. The molecule has 0 spiro atoms. The van der Waals surface area contributed by atoms with E-state index in [0.717, 1.165) is 5.69 Å². The van der Waals surface area contributed by atoms with Gasteiger partial charge in [0.15, 0.2) is 0 Å². The maximum Gasteiger partial charge on any atom is 0.150 e. The second-order valence-corrected chi connectivity index (χ2v) is 6.49. The first-order valence-electron chi connectivity index (χ1n) is 5.90. The van der Waals surface area contributed by atoms with Gasteiger partial charge in [-0.2, -0.15) is 0 Å². The number of nitrogens with one attached hydrogen (secondary N) is 1. The molecule has 0 aromatic carbocycles. The van der Waals surface area contributed by atoms with Gasteiger partial charge >= 0.3 is 0 Å². The molecule has 0 aliphatic heterocycles. The molecule has 4 nitrogen and oxygen atoms in total. The van der Waals surface area contributed by atoms with Crippen molar-refractivity contribution < 1.29 is 8.42 Å². The standard InChI is InChI=1S/C12H20N2O2S/c1-3-17(15,16)10-6-9-13-11(2)12-7-4-5-8-14-12/h4-5,7-8,11,13H,3,6,9-10H2,1-2H3. The van der Waals surface area contributed by atoms with Crippen molar-refractivity contribution in [3.63, 3.8) is 0 Å². The minimum atomic E-state index is -2.84. The van der Waals surface area contributed by atoms with Crippen LogP contribution < -0.4 is 5.32 Å². The summed E-state index contributed by atoms with van der Waals surface area (Å²) in [4.78, 5) is 4.24. The van der Waals surface area contributed by atoms with Gasteiger partial charge in [0, 0.05) is 18.0 Å². The van der Waals surface area contributed by atoms with Crippen LogP contribution >= 0.6 is 0 Å². The van der Waals surface area contributed by atoms with Gasteiger partial charge in [0.2, 0.25) is 0 Å². The third-order valence-electron chi connectivity index (χ3n) is 2.65. The Bertz CT molecular complexity index is 417. The van der Waals surface area contributed by atoms with Crippen molar-refractivity contribution >= 4 is 9.84 Å². The normalized spacial score (nSPS) is 13.5. The van der Waals surface area contributed by atoms with Crippen molar-refractivity contribution in [1.82, 2.24) is 10.3 Å². The van der Waals surface area contributed by atoms with Crippen molar-refractivity contribution in [2.24, 2.45) is 0 Å². The summed E-state index contributed by atoms with van der Waals surface area (Å²) < 4.78 is 22.5. The molecule has 1 rings (SSSR count). The number of aromatic nitrogens is 1. The van der Waals surface area contributed by atoms with Gasteiger partial charge in [0.1, 0.15) is 9.84 Å². The first-order chi connectivity index (χ1) is 8.05. The summed E-state index contributed by atoms with van der Waals surface area (Å²) in [6, 6.07) is 5.94. The highest BCUT2D eigenvalue weighted by Crippen LogP contribution is 2.07. The van der Waals surface area contributed by atoms with E-state index in [1.807, 2.05) is 25.1 Å². The Kier molecular flexibility index (Phi) is 5.58. The molecular weight excluding hydrogens is 236 g/mol. The van der Waals surface area contributed by atoms with Crippen molar-refractivity contribution in [2.75, 3.05) is 18.1 Å². The van der Waals surface area contributed by atoms with E-state index < -0.39 is 9.84 Å². The van der Waals surface area contributed by atoms with Gasteiger partial charge in [-0.1, -0.05) is 13.0 Å². The van der Waals surface area contributed by atoms with Crippen LogP contribution in [0.3, 0.4) is 0 Å². The Labute approximate surface area is 103 Å². The van der Waals surface area contributed by atoms with Gasteiger partial charge in [-0.15, -0.1) is 0 Å². The highest BCUT2D eigenvalue weighted by molar-refractivity contribution is 7.91. The Morgan fingerprint density at radius 1 is 1.41 bits per heavy atom. The summed E-state index contributed by atoms with van der Waals surface area (Å²) in [5.74, 6) is 0.480. The molecule has 1 unspecified atom stereocenters. The van der Waals surface area contributed by atoms with Gasteiger partial charge in [-0.05, 0) is 32.0 Å². The van der Waals surface area contributed by atoms with Crippen LogP contribution in [-0.2, 0) is 9.84 Å². The van der Waals surface area contributed by atoms with E-state index in [9.17, 15) is 8.42 Å². The van der Waals surface area contributed by atoms with Gasteiger partial charge in [-0.25, -0.2) is 8.42 Å². The summed E-state index contributed by atoms with van der Waals surface area (Å²) >= 11 is 0. The van der Waals surface area contributed by atoms with Gasteiger partial charge in [-0.3, -0.25) is 4.98 Å². The zero-order valence-corrected chi connectivity index (χ0v) is 11.2. The van der Waals surface area contributed by atoms with Crippen LogP contribution in [0.5, 0.6) is 0 Å². The summed E-state index contributed by atoms with van der Waals surface area (Å²) in [5, 5.41) is 3.27. The minimum Gasteiger partial charge on any atom is -0.309 e. The van der Waals surface area contributed by atoms with Crippen molar-refractivity contribution in [2.45, 2.75) is 26.3 Å². The molecule has 1 N–H and O–H groups in total. The maximum atomic E-state index is 11.3. The van der Waals surface area contributed by atoms with E-state index in [-0.39, 0.29) is 17.5 Å². The summed E-state index contributed by atoms with van der Waals surface area (Å²) in [7, 11) is -2.84. The molecule has 0 radical (unpaired) electrons. The van der Waals surface area contributed by atoms with Crippen molar-refractivity contribution in [3.05, 3.63) is 30.1 Å². The Morgan fingerprint density at radius 2 is 2.18 bits per heavy atom. The zero-order chi connectivity index (χ0) is 12.7. The molecule has 17 heavy (non-hydrogen) atoms. The van der Waals surface area contributed by atoms with Crippen LogP contribution in [0.4, 0.5) is 0 Å². The monoisotopic (exact) mass is 256 g/mol. The van der Waals surface area contributed by atoms with E-state index in [1.54, 1.807) is 13.1 Å². The third-order valence-corrected chi connectivity index (χ3v) is 4.44. The van der Waals surface area contributed by atoms with Crippen LogP contribution in [0.1, 0.15) is 32.0 Å². The molecule has 0 amide bonds. The molecule has 0 saturated carbocycles. The van der Waals surface area contributed by atoms with E-state index in [1.165, 1.54) is 0 Å². The number of sulfone groups is 1. The lowest BCUT2D eigenvalue weighted by Gasteiger charge is -2.12. The highest BCUT2D eigenvalue weighted by atomic mass is 32.2. The maximum absolute atomic E-state index is 11.3. The van der Waals surface area contributed by atoms with Crippen LogP contribution in [-0.4, -0.2) is 31.5 Å². The minimum absolute atomic E-state index is 0.153. The van der Waals surface area contributed by atoms with Gasteiger partial charge in [0.05, 0.1) is 11.4 Å². The van der Waals surface area contributed by atoms with Crippen LogP contribution in [0.15, 0.2) is 24.4 Å². The van der Waals surface area contributed by atoms with Gasteiger partial charge in [0.25, 0.3) is 0 Å². The Balaban J connectivity index is 2.28. The van der Waals surface area contributed by atoms with Crippen molar-refractivity contribution in [1.29, 1.82) is 0 Å². The summed E-state index contributed by atoms with van der Waals surface area (Å²) in [5.41, 5.74) is 0.978. The number of nitrogens with zero attached hydrogens (tertiary/aromatic N) is 1. The molecule has 96 valence electrons. The largest absolute Gasteiger partial charge is 0.309 e. The number of pyridine rings is 1. The third kappa shape index (κ3) is 5.28. The highest BCUT2D eigenvalue weighted by Gasteiger charge is 2.08. The lowest BCUT2D eigenvalue weighted by atomic mass is 10.2. The molecule has 0 aliphatic carbocycles. The first kappa shape index (κ1) is 14.1. The molecule has 0 saturated heterocycles. The number of rotatable bonds is 7. The second kappa shape index (κ2) is 6.71. The smallest absolute Gasteiger partial charge is 0.150 e. The summed E-state index contributed by atoms with van der Waals surface area (Å²) in [6.45, 7) is 4.40. The molecule has 1 aromatic rings. The van der Waals surface area contributed by atoms with E-state index in [2.05, 4.69) is 10.3 Å². The quantitative estimate of drug-likeness (QED) is 0.752. The fourth-order valence-corrected chi connectivity index (χ4v) is 2.36. The van der Waals surface area contributed by atoms with Crippen LogP contribution in [0.25, 0.3) is 0 Å². The first-order valence-corrected chi connectivity index (χ1v) is 7.72. The molecule has 1 aromatic heterocycles. The number of hydrogen-bond acceptors (Lipinski definition) is 4. The average Bonchev–Trinajstić information content (AvgIpc) is 2.35. The molecule has 1 heterocycles. The molecular formula is C12H20N2O2S. The van der Waals surface area contributed by atoms with E-state index >= 15 is 0 Å². The SMILES string of the molecule is CCS(=O)(=O)CCCNC(C)c1ccccn1. The van der Waals surface area contributed by atoms with Crippen molar-refractivity contribution in [3.8, 4) is 0 Å². The number of hydrogen-bond donors (Lipinski definition) is 1.